The lowest BCUT2D eigenvalue weighted by Gasteiger charge is -2.14. The molecule has 15 heavy (non-hydrogen) atoms. The van der Waals surface area contributed by atoms with Gasteiger partial charge in [0, 0.05) is 17.6 Å². The second-order valence-electron chi connectivity index (χ2n) is 3.72. The Hall–Kier alpha value is -0.650. The standard InChI is InChI=1S/C10H20N4S/c1-3-4-5-6-14(2)8-9-7-12-10(13-11)15-9/h7H,3-6,8,11H2,1-2H3,(H,12,13). The van der Waals surface area contributed by atoms with Crippen LogP contribution >= 0.6 is 11.3 Å². The number of unbranched alkanes of at least 4 members (excludes halogenated alkanes) is 2. The molecule has 3 N–H and O–H groups in total. The summed E-state index contributed by atoms with van der Waals surface area (Å²) in [6, 6.07) is 0. The lowest BCUT2D eigenvalue weighted by atomic mass is 10.2. The number of hydrogen-bond donors (Lipinski definition) is 2. The first-order valence-corrected chi connectivity index (χ1v) is 6.17. The van der Waals surface area contributed by atoms with Gasteiger partial charge in [0.25, 0.3) is 0 Å². The van der Waals surface area contributed by atoms with E-state index in [0.717, 1.165) is 18.2 Å². The van der Waals surface area contributed by atoms with Crippen molar-refractivity contribution in [2.45, 2.75) is 32.7 Å². The van der Waals surface area contributed by atoms with E-state index in [4.69, 9.17) is 5.84 Å². The van der Waals surface area contributed by atoms with Crippen molar-refractivity contribution in [2.24, 2.45) is 5.84 Å². The molecule has 0 amide bonds. The summed E-state index contributed by atoms with van der Waals surface area (Å²) in [7, 11) is 2.14. The van der Waals surface area contributed by atoms with Crippen molar-refractivity contribution in [3.05, 3.63) is 11.1 Å². The highest BCUT2D eigenvalue weighted by Crippen LogP contribution is 2.18. The Morgan fingerprint density at radius 2 is 2.33 bits per heavy atom. The van der Waals surface area contributed by atoms with Crippen LogP contribution in [0.3, 0.4) is 0 Å². The average molecular weight is 228 g/mol. The van der Waals surface area contributed by atoms with Gasteiger partial charge >= 0.3 is 0 Å². The number of hydrogen-bond acceptors (Lipinski definition) is 5. The van der Waals surface area contributed by atoms with Crippen LogP contribution in [0.1, 0.15) is 31.1 Å². The summed E-state index contributed by atoms with van der Waals surface area (Å²) in [5.41, 5.74) is 2.56. The third kappa shape index (κ3) is 4.59. The van der Waals surface area contributed by atoms with Gasteiger partial charge in [0.2, 0.25) is 0 Å². The third-order valence-corrected chi connectivity index (χ3v) is 3.16. The number of rotatable bonds is 7. The number of nitrogens with two attached hydrogens (primary N) is 1. The largest absolute Gasteiger partial charge is 0.301 e. The summed E-state index contributed by atoms with van der Waals surface area (Å²) in [5, 5.41) is 0.784. The first kappa shape index (κ1) is 12.4. The topological polar surface area (TPSA) is 54.2 Å². The van der Waals surface area contributed by atoms with Crippen LogP contribution in [-0.2, 0) is 6.54 Å². The van der Waals surface area contributed by atoms with Crippen molar-refractivity contribution in [1.29, 1.82) is 0 Å². The molecule has 1 aromatic heterocycles. The van der Waals surface area contributed by atoms with Crippen LogP contribution in [0.4, 0.5) is 5.13 Å². The van der Waals surface area contributed by atoms with E-state index in [1.807, 2.05) is 6.20 Å². The van der Waals surface area contributed by atoms with Gasteiger partial charge in [-0.1, -0.05) is 31.1 Å². The summed E-state index contributed by atoms with van der Waals surface area (Å²) in [6.07, 6.45) is 5.74. The number of anilines is 1. The van der Waals surface area contributed by atoms with Gasteiger partial charge in [-0.15, -0.1) is 0 Å². The summed E-state index contributed by atoms with van der Waals surface area (Å²) in [5.74, 6) is 5.28. The number of aromatic nitrogens is 1. The second kappa shape index (κ2) is 6.76. The molecule has 0 radical (unpaired) electrons. The Balaban J connectivity index is 2.27. The monoisotopic (exact) mass is 228 g/mol. The quantitative estimate of drug-likeness (QED) is 0.426. The van der Waals surface area contributed by atoms with E-state index >= 15 is 0 Å². The van der Waals surface area contributed by atoms with E-state index in [1.54, 1.807) is 11.3 Å². The van der Waals surface area contributed by atoms with E-state index in [-0.39, 0.29) is 0 Å². The molecule has 0 aromatic carbocycles. The summed E-state index contributed by atoms with van der Waals surface area (Å²) in [4.78, 5) is 7.71. The van der Waals surface area contributed by atoms with Gasteiger partial charge in [0.1, 0.15) is 0 Å². The Labute approximate surface area is 95.5 Å². The van der Waals surface area contributed by atoms with E-state index < -0.39 is 0 Å². The number of nitrogens with one attached hydrogen (secondary N) is 1. The van der Waals surface area contributed by atoms with Crippen LogP contribution in [0.25, 0.3) is 0 Å². The molecule has 0 aliphatic heterocycles. The van der Waals surface area contributed by atoms with Crippen molar-refractivity contribution in [3.63, 3.8) is 0 Å². The molecule has 86 valence electrons. The molecular weight excluding hydrogens is 208 g/mol. The van der Waals surface area contributed by atoms with Gasteiger partial charge in [-0.05, 0) is 20.0 Å². The van der Waals surface area contributed by atoms with Crippen LogP contribution in [0, 0.1) is 0 Å². The summed E-state index contributed by atoms with van der Waals surface area (Å²) in [6.45, 7) is 4.34. The minimum atomic E-state index is 0.784. The van der Waals surface area contributed by atoms with E-state index in [2.05, 4.69) is 29.3 Å². The van der Waals surface area contributed by atoms with Crippen LogP contribution in [0.5, 0.6) is 0 Å². The Morgan fingerprint density at radius 1 is 1.53 bits per heavy atom. The molecule has 4 nitrogen and oxygen atoms in total. The fourth-order valence-electron chi connectivity index (χ4n) is 1.42. The number of thiazole rings is 1. The van der Waals surface area contributed by atoms with Gasteiger partial charge in [0.15, 0.2) is 5.13 Å². The maximum Gasteiger partial charge on any atom is 0.197 e. The molecule has 0 unspecified atom stereocenters. The van der Waals surface area contributed by atoms with Crippen LogP contribution in [-0.4, -0.2) is 23.5 Å². The van der Waals surface area contributed by atoms with Crippen LogP contribution < -0.4 is 11.3 Å². The first-order valence-electron chi connectivity index (χ1n) is 5.36. The molecule has 0 aliphatic carbocycles. The Bertz CT molecular complexity index is 274. The highest BCUT2D eigenvalue weighted by atomic mass is 32.1. The highest BCUT2D eigenvalue weighted by molar-refractivity contribution is 7.15. The molecule has 0 aliphatic rings. The van der Waals surface area contributed by atoms with E-state index in [0.29, 0.717) is 0 Å². The maximum atomic E-state index is 5.28. The zero-order chi connectivity index (χ0) is 11.1. The van der Waals surface area contributed by atoms with Gasteiger partial charge < -0.3 is 4.90 Å². The fourth-order valence-corrected chi connectivity index (χ4v) is 2.23. The predicted molar refractivity (Wildman–Crippen MR) is 65.8 cm³/mol. The predicted octanol–water partition coefficient (Wildman–Crippen LogP) is 2.05. The Kier molecular flexibility index (Phi) is 5.60. The molecule has 1 aromatic rings. The molecule has 1 heterocycles. The summed E-state index contributed by atoms with van der Waals surface area (Å²) < 4.78 is 0. The highest BCUT2D eigenvalue weighted by Gasteiger charge is 2.03. The lowest BCUT2D eigenvalue weighted by molar-refractivity contribution is 0.320. The maximum absolute atomic E-state index is 5.28. The molecule has 0 atom stereocenters. The third-order valence-electron chi connectivity index (χ3n) is 2.25. The zero-order valence-corrected chi connectivity index (χ0v) is 10.3. The minimum absolute atomic E-state index is 0.784. The van der Waals surface area contributed by atoms with Crippen molar-refractivity contribution >= 4 is 16.5 Å². The number of nitrogen functional groups attached to an aromatic ring is 1. The van der Waals surface area contributed by atoms with E-state index in [9.17, 15) is 0 Å². The van der Waals surface area contributed by atoms with Crippen LogP contribution in [0.15, 0.2) is 6.20 Å². The zero-order valence-electron chi connectivity index (χ0n) is 9.49. The van der Waals surface area contributed by atoms with E-state index in [1.165, 1.54) is 24.1 Å². The molecule has 5 heteroatoms. The van der Waals surface area contributed by atoms with Gasteiger partial charge in [-0.3, -0.25) is 5.43 Å². The SMILES string of the molecule is CCCCCN(C)Cc1cnc(NN)s1. The molecular formula is C10H20N4S. The van der Waals surface area contributed by atoms with Crippen molar-refractivity contribution in [3.8, 4) is 0 Å². The first-order chi connectivity index (χ1) is 7.26. The average Bonchev–Trinajstić information content (AvgIpc) is 2.66. The molecule has 0 saturated heterocycles. The lowest BCUT2D eigenvalue weighted by Crippen LogP contribution is -2.18. The minimum Gasteiger partial charge on any atom is -0.301 e. The molecule has 0 spiro atoms. The molecule has 0 fully saturated rings. The van der Waals surface area contributed by atoms with Crippen molar-refractivity contribution in [2.75, 3.05) is 19.0 Å². The molecule has 0 saturated carbocycles. The number of nitrogens with zero attached hydrogens (tertiary/aromatic N) is 2. The normalized spacial score (nSPS) is 10.9. The van der Waals surface area contributed by atoms with Crippen LogP contribution in [0.2, 0.25) is 0 Å². The number of hydrazine groups is 1. The summed E-state index contributed by atoms with van der Waals surface area (Å²) >= 11 is 1.61. The smallest absolute Gasteiger partial charge is 0.197 e. The second-order valence-corrected chi connectivity index (χ2v) is 4.84. The Morgan fingerprint density at radius 3 is 2.93 bits per heavy atom. The molecule has 0 bridgehead atoms. The fraction of sp³-hybridized carbons (Fsp3) is 0.700. The molecule has 1 rings (SSSR count). The van der Waals surface area contributed by atoms with Gasteiger partial charge in [0.05, 0.1) is 0 Å². The van der Waals surface area contributed by atoms with Gasteiger partial charge in [-0.2, -0.15) is 0 Å². The van der Waals surface area contributed by atoms with Crippen molar-refractivity contribution < 1.29 is 0 Å². The van der Waals surface area contributed by atoms with Crippen molar-refractivity contribution in [1.82, 2.24) is 9.88 Å². The van der Waals surface area contributed by atoms with Gasteiger partial charge in [-0.25, -0.2) is 10.8 Å².